The smallest absolute Gasteiger partial charge is 0.306 e. The monoisotopic (exact) mass is 1100 g/mol. The summed E-state index contributed by atoms with van der Waals surface area (Å²) < 4.78 is 17.0. The summed E-state index contributed by atoms with van der Waals surface area (Å²) in [5.74, 6) is -0.831. The molecule has 1 atom stereocenters. The number of unbranched alkanes of at least 4 members (excludes halogenated alkanes) is 51. The highest BCUT2D eigenvalue weighted by Gasteiger charge is 2.19. The molecule has 6 heteroatoms. The van der Waals surface area contributed by atoms with Gasteiger partial charge in [0.1, 0.15) is 13.2 Å². The van der Waals surface area contributed by atoms with Crippen LogP contribution < -0.4 is 0 Å². The quantitative estimate of drug-likeness (QED) is 0.0261. The summed E-state index contributed by atoms with van der Waals surface area (Å²) in [5, 5.41) is 0. The van der Waals surface area contributed by atoms with Crippen LogP contribution in [0.3, 0.4) is 0 Å². The predicted octanol–water partition coefficient (Wildman–Crippen LogP) is 24.2. The molecule has 78 heavy (non-hydrogen) atoms. The average Bonchev–Trinajstić information content (AvgIpc) is 3.44. The van der Waals surface area contributed by atoms with Gasteiger partial charge in [-0.05, 0) is 51.4 Å². The maximum absolute atomic E-state index is 12.9. The normalized spacial score (nSPS) is 12.1. The van der Waals surface area contributed by atoms with Crippen LogP contribution in [-0.2, 0) is 28.6 Å². The van der Waals surface area contributed by atoms with E-state index in [-0.39, 0.29) is 31.1 Å². The van der Waals surface area contributed by atoms with Gasteiger partial charge in [-0.25, -0.2) is 0 Å². The molecule has 6 nitrogen and oxygen atoms in total. The van der Waals surface area contributed by atoms with E-state index in [0.29, 0.717) is 19.3 Å². The van der Waals surface area contributed by atoms with Gasteiger partial charge in [-0.2, -0.15) is 0 Å². The second kappa shape index (κ2) is 67.4. The Labute approximate surface area is 487 Å². The van der Waals surface area contributed by atoms with E-state index in [1.807, 2.05) is 0 Å². The van der Waals surface area contributed by atoms with Crippen molar-refractivity contribution in [1.29, 1.82) is 0 Å². The first-order valence-corrected chi connectivity index (χ1v) is 35.3. The van der Waals surface area contributed by atoms with E-state index in [1.54, 1.807) is 0 Å². The standard InChI is InChI=1S/C72H136O6/c1-4-7-10-13-16-19-22-24-26-28-30-32-33-34-35-36-37-38-39-40-42-43-45-47-50-53-56-59-62-65-71(74)77-68-69(67-76-70(73)64-61-58-55-52-49-21-18-15-12-9-6-3)78-72(75)66-63-60-57-54-51-48-46-44-41-31-29-27-25-23-20-17-14-11-8-5-2/h22,24,28,30,69H,4-21,23,25-27,29,31-68H2,1-3H3/b24-22-,30-28-. The van der Waals surface area contributed by atoms with Crippen LogP contribution >= 0.6 is 0 Å². The highest BCUT2D eigenvalue weighted by molar-refractivity contribution is 5.71. The molecule has 0 rings (SSSR count). The van der Waals surface area contributed by atoms with Gasteiger partial charge >= 0.3 is 17.9 Å². The van der Waals surface area contributed by atoms with E-state index in [9.17, 15) is 14.4 Å². The third-order valence-corrected chi connectivity index (χ3v) is 16.2. The largest absolute Gasteiger partial charge is 0.462 e. The fraction of sp³-hybridized carbons (Fsp3) is 0.903. The molecule has 0 aliphatic heterocycles. The Bertz CT molecular complexity index is 1260. The molecule has 460 valence electrons. The van der Waals surface area contributed by atoms with E-state index >= 15 is 0 Å². The highest BCUT2D eigenvalue weighted by atomic mass is 16.6. The summed E-state index contributed by atoms with van der Waals surface area (Å²) in [5.41, 5.74) is 0. The van der Waals surface area contributed by atoms with E-state index in [2.05, 4.69) is 45.1 Å². The summed E-state index contributed by atoms with van der Waals surface area (Å²) in [4.78, 5) is 38.3. The molecule has 0 bridgehead atoms. The van der Waals surface area contributed by atoms with E-state index < -0.39 is 6.10 Å². The van der Waals surface area contributed by atoms with E-state index in [1.165, 1.54) is 295 Å². The van der Waals surface area contributed by atoms with Crippen LogP contribution in [0.25, 0.3) is 0 Å². The molecule has 0 aromatic carbocycles. The third-order valence-electron chi connectivity index (χ3n) is 16.2. The predicted molar refractivity (Wildman–Crippen MR) is 340 cm³/mol. The van der Waals surface area contributed by atoms with Crippen LogP contribution in [-0.4, -0.2) is 37.2 Å². The molecule has 0 N–H and O–H groups in total. The average molecular weight is 1100 g/mol. The van der Waals surface area contributed by atoms with Gasteiger partial charge in [0.15, 0.2) is 6.10 Å². The van der Waals surface area contributed by atoms with Gasteiger partial charge in [0, 0.05) is 19.3 Å². The van der Waals surface area contributed by atoms with Gasteiger partial charge < -0.3 is 14.2 Å². The van der Waals surface area contributed by atoms with Crippen molar-refractivity contribution in [2.75, 3.05) is 13.2 Å². The summed E-state index contributed by atoms with van der Waals surface area (Å²) >= 11 is 0. The molecule has 0 heterocycles. The molecule has 0 radical (unpaired) electrons. The number of carbonyl (C=O) groups excluding carboxylic acids is 3. The summed E-state index contributed by atoms with van der Waals surface area (Å²) in [6, 6.07) is 0. The summed E-state index contributed by atoms with van der Waals surface area (Å²) in [6.07, 6.45) is 82.1. The van der Waals surface area contributed by atoms with Crippen molar-refractivity contribution >= 4 is 17.9 Å². The highest BCUT2D eigenvalue weighted by Crippen LogP contribution is 2.19. The maximum Gasteiger partial charge on any atom is 0.306 e. The van der Waals surface area contributed by atoms with Crippen molar-refractivity contribution in [3.8, 4) is 0 Å². The zero-order valence-corrected chi connectivity index (χ0v) is 53.0. The lowest BCUT2D eigenvalue weighted by molar-refractivity contribution is -0.167. The minimum Gasteiger partial charge on any atom is -0.462 e. The topological polar surface area (TPSA) is 78.9 Å². The fourth-order valence-electron chi connectivity index (χ4n) is 10.9. The van der Waals surface area contributed by atoms with Crippen molar-refractivity contribution in [3.05, 3.63) is 24.3 Å². The van der Waals surface area contributed by atoms with Crippen LogP contribution in [0.5, 0.6) is 0 Å². The van der Waals surface area contributed by atoms with Gasteiger partial charge in [0.25, 0.3) is 0 Å². The second-order valence-electron chi connectivity index (χ2n) is 24.2. The molecule has 0 aliphatic rings. The Balaban J connectivity index is 4.13. The lowest BCUT2D eigenvalue weighted by atomic mass is 10.0. The lowest BCUT2D eigenvalue weighted by Gasteiger charge is -2.18. The van der Waals surface area contributed by atoms with Gasteiger partial charge in [-0.1, -0.05) is 353 Å². The first-order chi connectivity index (χ1) is 38.5. The molecule has 0 aromatic rings. The molecular weight excluding hydrogens is 961 g/mol. The van der Waals surface area contributed by atoms with Crippen molar-refractivity contribution in [2.45, 2.75) is 406 Å². The number of allylic oxidation sites excluding steroid dienone is 4. The Hall–Kier alpha value is -2.11. The minimum atomic E-state index is -0.766. The molecule has 0 aliphatic carbocycles. The first kappa shape index (κ1) is 75.9. The number of carbonyl (C=O) groups is 3. The first-order valence-electron chi connectivity index (χ1n) is 35.3. The molecule has 0 saturated heterocycles. The zero-order valence-electron chi connectivity index (χ0n) is 53.0. The molecular formula is C72H136O6. The molecule has 0 amide bonds. The molecule has 0 aromatic heterocycles. The Kier molecular flexibility index (Phi) is 65.6. The van der Waals surface area contributed by atoms with Crippen LogP contribution in [0.1, 0.15) is 400 Å². The Morgan fingerprint density at radius 3 is 0.705 bits per heavy atom. The SMILES string of the molecule is CCCCCCC/C=C\C/C=C\CCCCCCCCCCCCCCCCCCCC(=O)OCC(COC(=O)CCCCCCCCCCCCC)OC(=O)CCCCCCCCCCCCCCCCCCCCCC. The Morgan fingerprint density at radius 1 is 0.256 bits per heavy atom. The van der Waals surface area contributed by atoms with Crippen LogP contribution in [0.15, 0.2) is 24.3 Å². The fourth-order valence-corrected chi connectivity index (χ4v) is 10.9. The molecule has 0 spiro atoms. The van der Waals surface area contributed by atoms with Crippen molar-refractivity contribution in [1.82, 2.24) is 0 Å². The number of hydrogen-bond acceptors (Lipinski definition) is 6. The maximum atomic E-state index is 12.9. The molecule has 0 fully saturated rings. The van der Waals surface area contributed by atoms with Crippen molar-refractivity contribution in [3.63, 3.8) is 0 Å². The van der Waals surface area contributed by atoms with Crippen LogP contribution in [0.4, 0.5) is 0 Å². The van der Waals surface area contributed by atoms with Gasteiger partial charge in [-0.3, -0.25) is 14.4 Å². The molecule has 0 saturated carbocycles. The van der Waals surface area contributed by atoms with Crippen LogP contribution in [0, 0.1) is 0 Å². The lowest BCUT2D eigenvalue weighted by Crippen LogP contribution is -2.30. The molecule has 1 unspecified atom stereocenters. The Morgan fingerprint density at radius 2 is 0.462 bits per heavy atom. The van der Waals surface area contributed by atoms with Crippen molar-refractivity contribution < 1.29 is 28.6 Å². The van der Waals surface area contributed by atoms with Gasteiger partial charge in [0.2, 0.25) is 0 Å². The summed E-state index contributed by atoms with van der Waals surface area (Å²) in [6.45, 7) is 6.70. The number of esters is 3. The second-order valence-corrected chi connectivity index (χ2v) is 24.2. The van der Waals surface area contributed by atoms with Gasteiger partial charge in [-0.15, -0.1) is 0 Å². The van der Waals surface area contributed by atoms with Crippen LogP contribution in [0.2, 0.25) is 0 Å². The van der Waals surface area contributed by atoms with E-state index in [0.717, 1.165) is 64.2 Å². The van der Waals surface area contributed by atoms with E-state index in [4.69, 9.17) is 14.2 Å². The van der Waals surface area contributed by atoms with Crippen molar-refractivity contribution in [2.24, 2.45) is 0 Å². The van der Waals surface area contributed by atoms with Gasteiger partial charge in [0.05, 0.1) is 0 Å². The minimum absolute atomic E-state index is 0.0635. The summed E-state index contributed by atoms with van der Waals surface area (Å²) in [7, 11) is 0. The number of rotatable bonds is 66. The third kappa shape index (κ3) is 64.7. The number of ether oxygens (including phenoxy) is 3. The zero-order chi connectivity index (χ0) is 56.4. The number of hydrogen-bond donors (Lipinski definition) is 0.